The lowest BCUT2D eigenvalue weighted by atomic mass is 9.86. The number of carboxylic acid groups (broad SMARTS) is 1. The molecule has 6 N–H and O–H groups in total. The van der Waals surface area contributed by atoms with Crippen LogP contribution in [0.4, 0.5) is 9.59 Å². The average molecular weight is 762 g/mol. The fourth-order valence-corrected chi connectivity index (χ4v) is 7.23. The van der Waals surface area contributed by atoms with Gasteiger partial charge in [0.15, 0.2) is 5.54 Å². The molecule has 5 amide bonds. The zero-order valence-electron chi connectivity index (χ0n) is 26.4. The number of carbonyl (C=O) groups is 5. The first-order valence-corrected chi connectivity index (χ1v) is 16.8. The van der Waals surface area contributed by atoms with E-state index >= 15 is 0 Å². The summed E-state index contributed by atoms with van der Waals surface area (Å²) in [6.45, 7) is 5.37. The summed E-state index contributed by atoms with van der Waals surface area (Å²) in [4.78, 5) is 66.9. The Kier molecular flexibility index (Phi) is 10.0. The number of rotatable bonds is 9. The first-order valence-electron chi connectivity index (χ1n) is 15.5. The van der Waals surface area contributed by atoms with Crippen molar-refractivity contribution in [3.8, 4) is 0 Å². The number of urea groups is 1. The fourth-order valence-electron chi connectivity index (χ4n) is 6.12. The Hall–Kier alpha value is -3.92. The Morgan fingerprint density at radius 2 is 1.72 bits per heavy atom. The van der Waals surface area contributed by atoms with Crippen LogP contribution in [0.1, 0.15) is 56.3 Å². The lowest BCUT2D eigenvalue weighted by Gasteiger charge is -2.34. The summed E-state index contributed by atoms with van der Waals surface area (Å²) < 4.78 is 5.26. The van der Waals surface area contributed by atoms with Gasteiger partial charge in [-0.1, -0.05) is 98.0 Å². The van der Waals surface area contributed by atoms with Crippen molar-refractivity contribution in [2.45, 2.75) is 86.4 Å². The predicted molar refractivity (Wildman–Crippen MR) is 178 cm³/mol. The number of nitrogens with one attached hydrogen (secondary N) is 4. The van der Waals surface area contributed by atoms with Gasteiger partial charge in [-0.3, -0.25) is 9.59 Å². The molecule has 1 saturated heterocycles. The van der Waals surface area contributed by atoms with E-state index in [0.29, 0.717) is 6.42 Å². The number of carbonyl (C=O) groups excluding carboxylic acids is 4. The molecular weight excluding hydrogens is 721 g/mol. The van der Waals surface area contributed by atoms with E-state index in [0.717, 1.165) is 16.7 Å². The van der Waals surface area contributed by atoms with Crippen molar-refractivity contribution in [2.75, 3.05) is 6.54 Å². The smallest absolute Gasteiger partial charge is 0.407 e. The van der Waals surface area contributed by atoms with Crippen molar-refractivity contribution in [2.24, 2.45) is 5.41 Å². The molecule has 0 aromatic heterocycles. The SMILES string of the molecule is CC(C)(C)[C@H](NC(=O)N1C[C@H](OC(=O)NCc2ccccc2)C[C@H]1C(=O)N[C@]1(C(=O)O)C[C@H]1I)C(=O)N[C@H]1c2ccccc2C[C@H]1O. The van der Waals surface area contributed by atoms with E-state index in [1.54, 1.807) is 20.8 Å². The summed E-state index contributed by atoms with van der Waals surface area (Å²) in [6.07, 6.45) is -1.91. The van der Waals surface area contributed by atoms with Crippen LogP contribution >= 0.6 is 22.6 Å². The van der Waals surface area contributed by atoms with E-state index in [4.69, 9.17) is 4.74 Å². The second kappa shape index (κ2) is 13.7. The number of aliphatic hydroxyl groups excluding tert-OH is 1. The summed E-state index contributed by atoms with van der Waals surface area (Å²) in [6, 6.07) is 13.0. The molecule has 1 saturated carbocycles. The number of carboxylic acids is 1. The number of halogens is 1. The van der Waals surface area contributed by atoms with Crippen molar-refractivity contribution < 1.29 is 38.9 Å². The highest BCUT2D eigenvalue weighted by Crippen LogP contribution is 2.43. The third-order valence-corrected chi connectivity index (χ3v) is 10.4. The van der Waals surface area contributed by atoms with Crippen LogP contribution in [0.15, 0.2) is 54.6 Å². The van der Waals surface area contributed by atoms with Crippen LogP contribution in [0, 0.1) is 5.41 Å². The maximum Gasteiger partial charge on any atom is 0.407 e. The molecular formula is C33H40IN5O8. The van der Waals surface area contributed by atoms with Crippen LogP contribution in [0.25, 0.3) is 0 Å². The number of ether oxygens (including phenoxy) is 1. The van der Waals surface area contributed by atoms with Crippen molar-refractivity contribution in [1.29, 1.82) is 0 Å². The quantitative estimate of drug-likeness (QED) is 0.166. The maximum atomic E-state index is 13.9. The van der Waals surface area contributed by atoms with Crippen LogP contribution in [-0.4, -0.2) is 85.3 Å². The number of benzene rings is 2. The number of alkyl carbamates (subject to hydrolysis) is 1. The normalized spacial score (nSPS) is 26.8. The number of fused-ring (bicyclic) bond motifs is 1. The van der Waals surface area contributed by atoms with Gasteiger partial charge in [0.25, 0.3) is 0 Å². The van der Waals surface area contributed by atoms with Crippen molar-refractivity contribution in [3.63, 3.8) is 0 Å². The zero-order chi connectivity index (χ0) is 34.1. The van der Waals surface area contributed by atoms with Gasteiger partial charge < -0.3 is 41.1 Å². The minimum absolute atomic E-state index is 0.0724. The molecule has 0 unspecified atom stereocenters. The first-order chi connectivity index (χ1) is 22.2. The molecule has 2 aromatic carbocycles. The highest BCUT2D eigenvalue weighted by molar-refractivity contribution is 14.1. The number of amides is 5. The van der Waals surface area contributed by atoms with Gasteiger partial charge in [-0.15, -0.1) is 0 Å². The number of nitrogens with zero attached hydrogens (tertiary/aromatic N) is 1. The monoisotopic (exact) mass is 761 g/mol. The van der Waals surface area contributed by atoms with Crippen LogP contribution in [0.5, 0.6) is 0 Å². The molecule has 2 aromatic rings. The maximum absolute atomic E-state index is 13.9. The molecule has 0 radical (unpaired) electrons. The number of alkyl halides is 1. The molecule has 7 atom stereocenters. The van der Waals surface area contributed by atoms with E-state index in [1.165, 1.54) is 4.90 Å². The van der Waals surface area contributed by atoms with Gasteiger partial charge in [0.1, 0.15) is 18.2 Å². The molecule has 3 aliphatic rings. The average Bonchev–Trinajstić information content (AvgIpc) is 3.33. The van der Waals surface area contributed by atoms with Gasteiger partial charge in [-0.2, -0.15) is 0 Å². The predicted octanol–water partition coefficient (Wildman–Crippen LogP) is 2.40. The van der Waals surface area contributed by atoms with Gasteiger partial charge in [0.05, 0.1) is 18.7 Å². The number of likely N-dealkylation sites (tertiary alicyclic amines) is 1. The summed E-state index contributed by atoms with van der Waals surface area (Å²) in [5.74, 6) is -2.39. The van der Waals surface area contributed by atoms with E-state index < -0.39 is 71.2 Å². The topological polar surface area (TPSA) is 186 Å². The minimum Gasteiger partial charge on any atom is -0.479 e. The van der Waals surface area contributed by atoms with Crippen LogP contribution in [0.3, 0.4) is 0 Å². The molecule has 5 rings (SSSR count). The van der Waals surface area contributed by atoms with Crippen molar-refractivity contribution in [1.82, 2.24) is 26.2 Å². The number of aliphatic hydroxyl groups is 1. The summed E-state index contributed by atoms with van der Waals surface area (Å²) in [7, 11) is 0. The Labute approximate surface area is 286 Å². The molecule has 2 aliphatic carbocycles. The number of hydrogen-bond donors (Lipinski definition) is 6. The second-order valence-electron chi connectivity index (χ2n) is 13.4. The minimum atomic E-state index is -1.45. The van der Waals surface area contributed by atoms with Crippen molar-refractivity contribution in [3.05, 3.63) is 71.3 Å². The fraction of sp³-hybridized carbons (Fsp3) is 0.485. The molecule has 47 heavy (non-hydrogen) atoms. The molecule has 14 heteroatoms. The molecule has 0 spiro atoms. The largest absolute Gasteiger partial charge is 0.479 e. The molecule has 252 valence electrons. The van der Waals surface area contributed by atoms with E-state index in [9.17, 15) is 34.2 Å². The van der Waals surface area contributed by atoms with Crippen LogP contribution in [-0.2, 0) is 32.1 Å². The molecule has 1 heterocycles. The highest BCUT2D eigenvalue weighted by Gasteiger charge is 2.61. The molecule has 1 aliphatic heterocycles. The third kappa shape index (κ3) is 7.64. The molecule has 0 bridgehead atoms. The zero-order valence-corrected chi connectivity index (χ0v) is 28.5. The van der Waals surface area contributed by atoms with Crippen LogP contribution in [0.2, 0.25) is 0 Å². The van der Waals surface area contributed by atoms with E-state index in [-0.39, 0.29) is 29.9 Å². The van der Waals surface area contributed by atoms with Gasteiger partial charge in [0.2, 0.25) is 11.8 Å². The third-order valence-electron chi connectivity index (χ3n) is 8.88. The highest BCUT2D eigenvalue weighted by atomic mass is 127. The van der Waals surface area contributed by atoms with Gasteiger partial charge in [-0.05, 0) is 28.5 Å². The molecule has 2 fully saturated rings. The Morgan fingerprint density at radius 3 is 2.36 bits per heavy atom. The first kappa shape index (κ1) is 34.4. The summed E-state index contributed by atoms with van der Waals surface area (Å²) in [5, 5.41) is 31.4. The summed E-state index contributed by atoms with van der Waals surface area (Å²) >= 11 is 1.96. The second-order valence-corrected chi connectivity index (χ2v) is 14.9. The van der Waals surface area contributed by atoms with Gasteiger partial charge >= 0.3 is 18.1 Å². The van der Waals surface area contributed by atoms with Gasteiger partial charge in [0, 0.05) is 23.3 Å². The Morgan fingerprint density at radius 1 is 1.06 bits per heavy atom. The van der Waals surface area contributed by atoms with Crippen LogP contribution < -0.4 is 21.3 Å². The van der Waals surface area contributed by atoms with Crippen molar-refractivity contribution >= 4 is 52.5 Å². The van der Waals surface area contributed by atoms with E-state index in [1.807, 2.05) is 77.2 Å². The molecule has 13 nitrogen and oxygen atoms in total. The van der Waals surface area contributed by atoms with E-state index in [2.05, 4.69) is 21.3 Å². The Balaban J connectivity index is 1.30. The number of hydrogen-bond acceptors (Lipinski definition) is 7. The standard InChI is InChI=1S/C33H40IN5O8/c1-32(2,3)26(28(42)36-25-21-12-8-7-11-19(21)13-23(25)40)37-30(45)39-17-20(47-31(46)35-16-18-9-5-4-6-10-18)14-22(39)27(41)38-33(29(43)44)15-24(33)34/h4-12,20,22-26,40H,13-17H2,1-3H3,(H,35,46)(H,36,42)(H,37,45)(H,38,41)(H,43,44)/t20-,22+,23-,24-,25+,26-,33-/m1/s1. The summed E-state index contributed by atoms with van der Waals surface area (Å²) in [5.41, 5.74) is 0.345. The van der Waals surface area contributed by atoms with Gasteiger partial charge in [-0.25, -0.2) is 14.4 Å². The lowest BCUT2D eigenvalue weighted by molar-refractivity contribution is -0.143. The Bertz CT molecular complexity index is 1530. The lowest BCUT2D eigenvalue weighted by Crippen LogP contribution is -2.60. The number of aliphatic carboxylic acids is 1.